The van der Waals surface area contributed by atoms with Crippen LogP contribution in [0.15, 0.2) is 71.1 Å². The quantitative estimate of drug-likeness (QED) is 0.267. The van der Waals surface area contributed by atoms with Crippen LogP contribution in [0, 0.1) is 6.92 Å². The third kappa shape index (κ3) is 5.72. The predicted octanol–water partition coefficient (Wildman–Crippen LogP) is 5.71. The van der Waals surface area contributed by atoms with Crippen LogP contribution in [-0.4, -0.2) is 33.7 Å². The molecule has 2 heterocycles. The Morgan fingerprint density at radius 1 is 1.00 bits per heavy atom. The van der Waals surface area contributed by atoms with Crippen molar-refractivity contribution in [1.82, 2.24) is 15.0 Å². The minimum absolute atomic E-state index is 0.0674. The summed E-state index contributed by atoms with van der Waals surface area (Å²) in [7, 11) is 1.64. The van der Waals surface area contributed by atoms with Crippen LogP contribution in [0.25, 0.3) is 22.5 Å². The molecule has 4 aromatic rings. The van der Waals surface area contributed by atoms with E-state index in [9.17, 15) is 4.79 Å². The number of carbonyl (C=O) groups is 1. The molecular weight excluding hydrogens is 440 g/mol. The molecule has 32 heavy (non-hydrogen) atoms. The number of aromatic nitrogens is 3. The van der Waals surface area contributed by atoms with E-state index in [4.69, 9.17) is 4.74 Å². The summed E-state index contributed by atoms with van der Waals surface area (Å²) in [5.41, 5.74) is 3.74. The maximum absolute atomic E-state index is 12.4. The molecule has 0 spiro atoms. The number of anilines is 1. The number of thioether (sulfide) groups is 1. The first-order chi connectivity index (χ1) is 15.6. The highest BCUT2D eigenvalue weighted by Crippen LogP contribution is 2.27. The molecule has 0 atom stereocenters. The Hall–Kier alpha value is -3.23. The van der Waals surface area contributed by atoms with E-state index in [0.29, 0.717) is 23.1 Å². The van der Waals surface area contributed by atoms with Crippen molar-refractivity contribution in [3.05, 3.63) is 71.9 Å². The second-order valence-corrected chi connectivity index (χ2v) is 8.89. The molecule has 1 amide bonds. The standard InChI is InChI=1S/C24H22N4O2S2/c1-16-25-20(17-6-4-3-5-7-17)14-23(26-16)31-13-12-22(29)28-24-27-21(15-32-24)18-8-10-19(30-2)11-9-18/h3-11,14-15H,12-13H2,1-2H3,(H,27,28,29). The normalized spacial score (nSPS) is 10.7. The van der Waals surface area contributed by atoms with Gasteiger partial charge in [-0.15, -0.1) is 23.1 Å². The van der Waals surface area contributed by atoms with Crippen LogP contribution in [0.1, 0.15) is 12.2 Å². The molecule has 0 fully saturated rings. The summed E-state index contributed by atoms with van der Waals surface area (Å²) in [6.07, 6.45) is 0.367. The Morgan fingerprint density at radius 2 is 1.75 bits per heavy atom. The molecule has 0 aliphatic carbocycles. The van der Waals surface area contributed by atoms with E-state index in [1.165, 1.54) is 11.3 Å². The summed E-state index contributed by atoms with van der Waals surface area (Å²) in [6.45, 7) is 1.88. The number of carbonyl (C=O) groups excluding carboxylic acids is 1. The first-order valence-corrected chi connectivity index (χ1v) is 11.9. The molecule has 6 nitrogen and oxygen atoms in total. The Balaban J connectivity index is 1.31. The van der Waals surface area contributed by atoms with Crippen molar-refractivity contribution in [2.24, 2.45) is 0 Å². The number of hydrogen-bond acceptors (Lipinski definition) is 7. The fourth-order valence-electron chi connectivity index (χ4n) is 3.03. The number of rotatable bonds is 8. The first kappa shape index (κ1) is 22.0. The number of thiazole rings is 1. The SMILES string of the molecule is COc1ccc(-c2csc(NC(=O)CCSc3cc(-c4ccccc4)nc(C)n3)n2)cc1. The summed E-state index contributed by atoms with van der Waals surface area (Å²) in [6, 6.07) is 19.7. The van der Waals surface area contributed by atoms with Crippen molar-refractivity contribution in [2.45, 2.75) is 18.4 Å². The van der Waals surface area contributed by atoms with E-state index in [1.807, 2.05) is 73.0 Å². The molecule has 0 aliphatic rings. The van der Waals surface area contributed by atoms with Gasteiger partial charge in [-0.3, -0.25) is 4.79 Å². The van der Waals surface area contributed by atoms with E-state index < -0.39 is 0 Å². The lowest BCUT2D eigenvalue weighted by Gasteiger charge is -2.06. The number of amides is 1. The summed E-state index contributed by atoms with van der Waals surface area (Å²) < 4.78 is 5.18. The van der Waals surface area contributed by atoms with E-state index in [0.717, 1.165) is 33.3 Å². The van der Waals surface area contributed by atoms with Crippen LogP contribution in [0.3, 0.4) is 0 Å². The lowest BCUT2D eigenvalue weighted by molar-refractivity contribution is -0.115. The highest BCUT2D eigenvalue weighted by Gasteiger charge is 2.10. The molecule has 0 saturated carbocycles. The summed E-state index contributed by atoms with van der Waals surface area (Å²) >= 11 is 2.96. The van der Waals surface area contributed by atoms with Crippen LogP contribution in [0.2, 0.25) is 0 Å². The molecule has 0 radical (unpaired) electrons. The molecule has 0 unspecified atom stereocenters. The van der Waals surface area contributed by atoms with Gasteiger partial charge in [-0.05, 0) is 37.3 Å². The predicted molar refractivity (Wildman–Crippen MR) is 130 cm³/mol. The Kier molecular flexibility index (Phi) is 7.14. The smallest absolute Gasteiger partial charge is 0.226 e. The number of ether oxygens (including phenoxy) is 1. The van der Waals surface area contributed by atoms with Crippen molar-refractivity contribution in [3.63, 3.8) is 0 Å². The number of hydrogen-bond donors (Lipinski definition) is 1. The molecule has 8 heteroatoms. The lowest BCUT2D eigenvalue weighted by atomic mass is 10.1. The van der Waals surface area contributed by atoms with Gasteiger partial charge in [0, 0.05) is 28.7 Å². The lowest BCUT2D eigenvalue weighted by Crippen LogP contribution is -2.12. The minimum Gasteiger partial charge on any atom is -0.497 e. The van der Waals surface area contributed by atoms with Crippen LogP contribution < -0.4 is 10.1 Å². The van der Waals surface area contributed by atoms with Gasteiger partial charge in [0.15, 0.2) is 5.13 Å². The van der Waals surface area contributed by atoms with Gasteiger partial charge in [0.25, 0.3) is 0 Å². The third-order valence-corrected chi connectivity index (χ3v) is 6.27. The zero-order chi connectivity index (χ0) is 22.3. The van der Waals surface area contributed by atoms with Crippen molar-refractivity contribution >= 4 is 34.1 Å². The second kappa shape index (κ2) is 10.4. The van der Waals surface area contributed by atoms with Crippen LogP contribution in [-0.2, 0) is 4.79 Å². The highest BCUT2D eigenvalue weighted by molar-refractivity contribution is 7.99. The van der Waals surface area contributed by atoms with Crippen LogP contribution >= 0.6 is 23.1 Å². The highest BCUT2D eigenvalue weighted by atomic mass is 32.2. The Bertz CT molecular complexity index is 1190. The molecule has 4 rings (SSSR count). The largest absolute Gasteiger partial charge is 0.497 e. The van der Waals surface area contributed by atoms with Crippen molar-refractivity contribution in [2.75, 3.05) is 18.2 Å². The fourth-order valence-corrected chi connectivity index (χ4v) is 4.65. The fraction of sp³-hybridized carbons (Fsp3) is 0.167. The van der Waals surface area contributed by atoms with Crippen molar-refractivity contribution in [1.29, 1.82) is 0 Å². The number of methoxy groups -OCH3 is 1. The molecule has 0 saturated heterocycles. The zero-order valence-electron chi connectivity index (χ0n) is 17.7. The molecule has 0 bridgehead atoms. The van der Waals surface area contributed by atoms with E-state index >= 15 is 0 Å². The average molecular weight is 463 g/mol. The van der Waals surface area contributed by atoms with Crippen molar-refractivity contribution < 1.29 is 9.53 Å². The van der Waals surface area contributed by atoms with E-state index in [-0.39, 0.29) is 5.91 Å². The second-order valence-electron chi connectivity index (χ2n) is 6.92. The summed E-state index contributed by atoms with van der Waals surface area (Å²) in [5.74, 6) is 2.06. The maximum atomic E-state index is 12.4. The van der Waals surface area contributed by atoms with Gasteiger partial charge < -0.3 is 10.1 Å². The monoisotopic (exact) mass is 462 g/mol. The van der Waals surface area contributed by atoms with Crippen molar-refractivity contribution in [3.8, 4) is 28.3 Å². The molecule has 2 aromatic carbocycles. The minimum atomic E-state index is -0.0674. The van der Waals surface area contributed by atoms with Gasteiger partial charge in [-0.1, -0.05) is 30.3 Å². The number of nitrogens with one attached hydrogen (secondary N) is 1. The first-order valence-electron chi connectivity index (χ1n) is 10.0. The third-order valence-electron chi connectivity index (χ3n) is 4.60. The average Bonchev–Trinajstić information content (AvgIpc) is 3.27. The molecule has 2 aromatic heterocycles. The van der Waals surface area contributed by atoms with Gasteiger partial charge in [0.1, 0.15) is 16.6 Å². The van der Waals surface area contributed by atoms with Gasteiger partial charge in [-0.2, -0.15) is 0 Å². The van der Waals surface area contributed by atoms with E-state index in [2.05, 4.69) is 20.3 Å². The van der Waals surface area contributed by atoms with Gasteiger partial charge in [-0.25, -0.2) is 15.0 Å². The van der Waals surface area contributed by atoms with Crippen LogP contribution in [0.5, 0.6) is 5.75 Å². The van der Waals surface area contributed by atoms with Gasteiger partial charge in [0.05, 0.1) is 18.5 Å². The van der Waals surface area contributed by atoms with E-state index in [1.54, 1.807) is 18.9 Å². The summed E-state index contributed by atoms with van der Waals surface area (Å²) in [5, 5.41) is 6.27. The molecule has 0 aliphatic heterocycles. The molecular formula is C24H22N4O2S2. The Labute approximate surface area is 195 Å². The van der Waals surface area contributed by atoms with Gasteiger partial charge >= 0.3 is 0 Å². The van der Waals surface area contributed by atoms with Crippen LogP contribution in [0.4, 0.5) is 5.13 Å². The molecule has 1 N–H and O–H groups in total. The topological polar surface area (TPSA) is 77.0 Å². The Morgan fingerprint density at radius 3 is 2.50 bits per heavy atom. The zero-order valence-corrected chi connectivity index (χ0v) is 19.4. The molecule has 162 valence electrons. The maximum Gasteiger partial charge on any atom is 0.226 e. The van der Waals surface area contributed by atoms with Gasteiger partial charge in [0.2, 0.25) is 5.91 Å². The summed E-state index contributed by atoms with van der Waals surface area (Å²) in [4.78, 5) is 25.9. The number of aryl methyl sites for hydroxylation is 1. The number of nitrogens with zero attached hydrogens (tertiary/aromatic N) is 3. The number of benzene rings is 2.